The topological polar surface area (TPSA) is 55.1 Å². The van der Waals surface area contributed by atoms with E-state index in [1.165, 1.54) is 5.56 Å². The molecule has 0 radical (unpaired) electrons. The molecule has 0 spiro atoms. The number of nitrogens with one attached hydrogen (secondary N) is 1. The van der Waals surface area contributed by atoms with Crippen LogP contribution < -0.4 is 5.32 Å². The molecule has 1 fully saturated rings. The lowest BCUT2D eigenvalue weighted by Gasteiger charge is -2.04. The highest BCUT2D eigenvalue weighted by Gasteiger charge is 2.34. The van der Waals surface area contributed by atoms with Crippen LogP contribution in [0.5, 0.6) is 0 Å². The molecule has 132 valence electrons. The maximum atomic E-state index is 12.6. The Labute approximate surface area is 153 Å². The Morgan fingerprint density at radius 2 is 1.73 bits per heavy atom. The van der Waals surface area contributed by atoms with E-state index >= 15 is 0 Å². The average Bonchev–Trinajstić information content (AvgIpc) is 3.44. The fraction of sp³-hybridized carbons (Fsp3) is 0.273. The van der Waals surface area contributed by atoms with Gasteiger partial charge in [-0.3, -0.25) is 4.79 Å². The summed E-state index contributed by atoms with van der Waals surface area (Å²) >= 11 is 0. The van der Waals surface area contributed by atoms with Gasteiger partial charge in [-0.2, -0.15) is 0 Å². The summed E-state index contributed by atoms with van der Waals surface area (Å²) in [6, 6.07) is 20.0. The van der Waals surface area contributed by atoms with E-state index in [1.807, 2.05) is 48.5 Å². The van der Waals surface area contributed by atoms with Crippen molar-refractivity contribution in [2.24, 2.45) is 0 Å². The van der Waals surface area contributed by atoms with Crippen LogP contribution in [0.3, 0.4) is 0 Å². The van der Waals surface area contributed by atoms with Crippen molar-refractivity contribution < 1.29 is 9.21 Å². The van der Waals surface area contributed by atoms with Crippen LogP contribution in [0.2, 0.25) is 0 Å². The highest BCUT2D eigenvalue weighted by molar-refractivity contribution is 5.94. The van der Waals surface area contributed by atoms with Crippen molar-refractivity contribution in [3.63, 3.8) is 0 Å². The highest BCUT2D eigenvalue weighted by atomic mass is 16.4. The van der Waals surface area contributed by atoms with Gasteiger partial charge in [0, 0.05) is 18.0 Å². The monoisotopic (exact) mass is 346 g/mol. The summed E-state index contributed by atoms with van der Waals surface area (Å²) in [5.41, 5.74) is 2.64. The number of oxazole rings is 1. The van der Waals surface area contributed by atoms with Crippen LogP contribution in [0.1, 0.15) is 47.0 Å². The largest absolute Gasteiger partial charge is 0.440 e. The lowest BCUT2D eigenvalue weighted by atomic mass is 10.1. The second-order valence-corrected chi connectivity index (χ2v) is 6.72. The second-order valence-electron chi connectivity index (χ2n) is 6.72. The van der Waals surface area contributed by atoms with Gasteiger partial charge in [0.05, 0.1) is 0 Å². The molecule has 2 aromatic carbocycles. The van der Waals surface area contributed by atoms with Gasteiger partial charge in [-0.25, -0.2) is 4.98 Å². The number of rotatable bonds is 7. The maximum absolute atomic E-state index is 12.6. The van der Waals surface area contributed by atoms with E-state index in [9.17, 15) is 4.79 Å². The highest BCUT2D eigenvalue weighted by Crippen LogP contribution is 2.43. The SMILES string of the molecule is O=C(NCCCc1ccccc1)c1nc(-c2ccccc2)oc1C1CC1. The van der Waals surface area contributed by atoms with E-state index in [1.54, 1.807) is 0 Å². The molecular formula is C22H22N2O2. The van der Waals surface area contributed by atoms with Gasteiger partial charge in [-0.05, 0) is 43.4 Å². The van der Waals surface area contributed by atoms with Gasteiger partial charge in [-0.1, -0.05) is 48.5 Å². The Bertz CT molecular complexity index is 868. The van der Waals surface area contributed by atoms with Gasteiger partial charge in [0.15, 0.2) is 5.69 Å². The smallest absolute Gasteiger partial charge is 0.273 e. The van der Waals surface area contributed by atoms with Gasteiger partial charge in [0.1, 0.15) is 5.76 Å². The molecule has 4 heteroatoms. The molecule has 1 N–H and O–H groups in total. The minimum atomic E-state index is -0.133. The number of nitrogens with zero attached hydrogens (tertiary/aromatic N) is 1. The van der Waals surface area contributed by atoms with E-state index in [2.05, 4.69) is 22.4 Å². The fourth-order valence-electron chi connectivity index (χ4n) is 3.04. The molecular weight excluding hydrogens is 324 g/mol. The van der Waals surface area contributed by atoms with Crippen molar-refractivity contribution >= 4 is 5.91 Å². The van der Waals surface area contributed by atoms with Crippen LogP contribution >= 0.6 is 0 Å². The first-order valence-electron chi connectivity index (χ1n) is 9.19. The minimum Gasteiger partial charge on any atom is -0.440 e. The van der Waals surface area contributed by atoms with Gasteiger partial charge in [-0.15, -0.1) is 0 Å². The zero-order chi connectivity index (χ0) is 17.8. The number of hydrogen-bond acceptors (Lipinski definition) is 3. The average molecular weight is 346 g/mol. The van der Waals surface area contributed by atoms with Crippen LogP contribution in [0, 0.1) is 0 Å². The third kappa shape index (κ3) is 3.85. The third-order valence-corrected chi connectivity index (χ3v) is 4.61. The Morgan fingerprint density at radius 3 is 2.42 bits per heavy atom. The molecule has 4 rings (SSSR count). The van der Waals surface area contributed by atoms with Gasteiger partial charge < -0.3 is 9.73 Å². The van der Waals surface area contributed by atoms with Crippen molar-refractivity contribution in [3.8, 4) is 11.5 Å². The third-order valence-electron chi connectivity index (χ3n) is 4.61. The van der Waals surface area contributed by atoms with Crippen molar-refractivity contribution in [1.29, 1.82) is 0 Å². The van der Waals surface area contributed by atoms with Crippen LogP contribution in [0.25, 0.3) is 11.5 Å². The number of carbonyl (C=O) groups excluding carboxylic acids is 1. The van der Waals surface area contributed by atoms with Gasteiger partial charge in [0.2, 0.25) is 5.89 Å². The quantitative estimate of drug-likeness (QED) is 0.637. The maximum Gasteiger partial charge on any atom is 0.273 e. The summed E-state index contributed by atoms with van der Waals surface area (Å²) in [5.74, 6) is 1.47. The van der Waals surface area contributed by atoms with Crippen molar-refractivity contribution in [2.75, 3.05) is 6.54 Å². The van der Waals surface area contributed by atoms with Crippen LogP contribution in [0.4, 0.5) is 0 Å². The van der Waals surface area contributed by atoms with E-state index < -0.39 is 0 Å². The Morgan fingerprint density at radius 1 is 1.04 bits per heavy atom. The number of hydrogen-bond donors (Lipinski definition) is 1. The molecule has 3 aromatic rings. The van der Waals surface area contributed by atoms with E-state index in [0.29, 0.717) is 24.0 Å². The Hall–Kier alpha value is -2.88. The minimum absolute atomic E-state index is 0.133. The van der Waals surface area contributed by atoms with E-state index in [0.717, 1.165) is 37.0 Å². The second kappa shape index (κ2) is 7.56. The van der Waals surface area contributed by atoms with Crippen molar-refractivity contribution in [2.45, 2.75) is 31.6 Å². The van der Waals surface area contributed by atoms with E-state index in [-0.39, 0.29) is 5.91 Å². The molecule has 0 aliphatic heterocycles. The fourth-order valence-corrected chi connectivity index (χ4v) is 3.04. The molecule has 0 atom stereocenters. The summed E-state index contributed by atoms with van der Waals surface area (Å²) in [7, 11) is 0. The number of aryl methyl sites for hydroxylation is 1. The summed E-state index contributed by atoms with van der Waals surface area (Å²) < 4.78 is 5.95. The number of amides is 1. The first-order chi connectivity index (χ1) is 12.8. The van der Waals surface area contributed by atoms with Crippen LogP contribution in [0.15, 0.2) is 65.1 Å². The standard InChI is InChI=1S/C22H22N2O2/c25-21(23-15-7-10-16-8-3-1-4-9-16)19-20(17-13-14-17)26-22(24-19)18-11-5-2-6-12-18/h1-6,8-9,11-12,17H,7,10,13-15H2,(H,23,25). The summed E-state index contributed by atoms with van der Waals surface area (Å²) in [6.45, 7) is 0.630. The first-order valence-corrected chi connectivity index (χ1v) is 9.19. The number of benzene rings is 2. The number of carbonyl (C=O) groups is 1. The predicted octanol–water partition coefficient (Wildman–Crippen LogP) is 4.58. The zero-order valence-electron chi connectivity index (χ0n) is 14.7. The summed E-state index contributed by atoms with van der Waals surface area (Å²) in [6.07, 6.45) is 3.98. The Balaban J connectivity index is 1.41. The molecule has 0 unspecified atom stereocenters. The molecule has 26 heavy (non-hydrogen) atoms. The first kappa shape index (κ1) is 16.6. The molecule has 1 aromatic heterocycles. The molecule has 1 aliphatic rings. The van der Waals surface area contributed by atoms with E-state index in [4.69, 9.17) is 4.42 Å². The molecule has 0 bridgehead atoms. The van der Waals surface area contributed by atoms with Crippen LogP contribution in [-0.2, 0) is 6.42 Å². The molecule has 1 saturated carbocycles. The normalized spacial score (nSPS) is 13.5. The molecule has 1 heterocycles. The zero-order valence-corrected chi connectivity index (χ0v) is 14.7. The van der Waals surface area contributed by atoms with Crippen molar-refractivity contribution in [1.82, 2.24) is 10.3 Å². The lowest BCUT2D eigenvalue weighted by Crippen LogP contribution is -2.26. The molecule has 0 saturated heterocycles. The molecule has 4 nitrogen and oxygen atoms in total. The van der Waals surface area contributed by atoms with Crippen LogP contribution in [-0.4, -0.2) is 17.4 Å². The molecule has 1 aliphatic carbocycles. The number of aromatic nitrogens is 1. The lowest BCUT2D eigenvalue weighted by molar-refractivity contribution is 0.0947. The van der Waals surface area contributed by atoms with Gasteiger partial charge in [0.25, 0.3) is 5.91 Å². The summed E-state index contributed by atoms with van der Waals surface area (Å²) in [5, 5.41) is 3.00. The predicted molar refractivity (Wildman–Crippen MR) is 101 cm³/mol. The van der Waals surface area contributed by atoms with Crippen molar-refractivity contribution in [3.05, 3.63) is 77.7 Å². The molecule has 1 amide bonds. The van der Waals surface area contributed by atoms with Gasteiger partial charge >= 0.3 is 0 Å². The summed E-state index contributed by atoms with van der Waals surface area (Å²) in [4.78, 5) is 17.1. The Kier molecular flexibility index (Phi) is 4.82.